The summed E-state index contributed by atoms with van der Waals surface area (Å²) in [6.07, 6.45) is 41.8. The molecule has 0 amide bonds. The van der Waals surface area contributed by atoms with Gasteiger partial charge in [0.25, 0.3) is 0 Å². The molecule has 20 atom stereocenters. The van der Waals surface area contributed by atoms with Crippen LogP contribution in [0.2, 0.25) is 0 Å². The molecule has 6 saturated carbocycles. The molecule has 4 aliphatic heterocycles. The lowest BCUT2D eigenvalue weighted by atomic mass is 9.60. The van der Waals surface area contributed by atoms with Gasteiger partial charge in [0.05, 0.1) is 34.1 Å². The van der Waals surface area contributed by atoms with E-state index in [-0.39, 0.29) is 152 Å². The van der Waals surface area contributed by atoms with Crippen LogP contribution in [0.25, 0.3) is 21.5 Å². The molecule has 4 N–H and O–H groups in total. The summed E-state index contributed by atoms with van der Waals surface area (Å²) in [6, 6.07) is 24.2. The van der Waals surface area contributed by atoms with Crippen molar-refractivity contribution in [3.05, 3.63) is 261 Å². The average Bonchev–Trinajstić information content (AvgIpc) is 1.65. The third-order valence-corrected chi connectivity index (χ3v) is 31.5. The summed E-state index contributed by atoms with van der Waals surface area (Å²) < 4.78 is 26.3. The molecule has 6 aromatic rings. The summed E-state index contributed by atoms with van der Waals surface area (Å²) >= 11 is 0. The summed E-state index contributed by atoms with van der Waals surface area (Å²) in [7, 11) is 7.67. The lowest BCUT2D eigenvalue weighted by Gasteiger charge is -2.47. The highest BCUT2D eigenvalue weighted by Gasteiger charge is 2.63. The molecule has 0 bridgehead atoms. The first-order valence-electron chi connectivity index (χ1n) is 45.1. The fraction of sp³-hybridized carbons (Fsp3) is 0.462. The number of fused-ring (bicyclic) bond motifs is 14. The Kier molecular flexibility index (Phi) is 22.1. The number of hydrogen-bond acceptors (Lipinski definition) is 20. The SMILES string of the molecule is CNCC1CC(=O)C2=C(C1)O[C@@H]1C(=C2)C=C[C@]2(C)[C@@H](c3cccc4cnccc34)C(=O)C[C@@H]12.CNCC1CC(=O)C2=C(C1)O[C@@H]1C(=C2)C=C[C@]2(C)[C@@H](c3cccnc3)C(=O)C[C@@H]12.CNCC1CC(=O)C2=C(C1)O[C@@H]1C(=C2)CC[C@]2(C)[C@@H](c3cccc4cnccc34)C(=O)C[C@@H]12.CNCC1CC(=O)C2=C(C1)O[C@@H]1C(=C2)CC[C@]2(C)[C@@H](c3cccnc3)C(=O)C[C@@H]12. The van der Waals surface area contributed by atoms with Gasteiger partial charge in [-0.15, -0.1) is 0 Å². The standard InChI is InChI=1S/C28H30N2O3.C28H28N2O3.C24H28N2O3.C24H26N2O3/c2*1-28-8-6-17-12-21-23(31)10-16(14-29-2)11-25(21)33-27(17)22(28)13-24(32)26(28)20-5-3-4-18-15-30-9-7-19(18)20;2*1-24-6-5-15-10-17-19(27)8-14(12-25-2)9-21(17)29-23(15)18(24)11-20(28)22(24)16-4-3-7-26-13-16/h3-5,7,9,12,15-16,22,26-27,29H,6,8,10-11,13-14H2,1-2H3;3-9,12,15-16,22,26-27,29H,10-11,13-14H2,1-2H3;3-4,7,10,13-14,18,22-23,25H,5-6,8-9,11-12H2,1-2H3;3-7,10,13-14,18,22-23,25H,8-9,11-12H2,1-2H3/t2*16?,22-,26-,27+,28-;2*14?,18-,22-,23+,24-/m0000/s1. The molecule has 12 aliphatic carbocycles. The Morgan fingerprint density at radius 3 is 1.13 bits per heavy atom. The van der Waals surface area contributed by atoms with Crippen molar-refractivity contribution < 1.29 is 57.3 Å². The van der Waals surface area contributed by atoms with Crippen molar-refractivity contribution in [3.63, 3.8) is 0 Å². The van der Waals surface area contributed by atoms with E-state index in [0.717, 1.165) is 178 Å². The first kappa shape index (κ1) is 82.9. The van der Waals surface area contributed by atoms with Crippen molar-refractivity contribution >= 4 is 67.8 Å². The van der Waals surface area contributed by atoms with Gasteiger partial charge in [-0.1, -0.05) is 101 Å². The predicted octanol–water partition coefficient (Wildman–Crippen LogP) is 15.2. The Morgan fingerprint density at radius 1 is 0.355 bits per heavy atom. The summed E-state index contributed by atoms with van der Waals surface area (Å²) in [5, 5.41) is 17.1. The van der Waals surface area contributed by atoms with E-state index in [9.17, 15) is 38.4 Å². The molecule has 4 unspecified atom stereocenters. The van der Waals surface area contributed by atoms with E-state index >= 15 is 0 Å². The van der Waals surface area contributed by atoms with Crippen LogP contribution in [0.4, 0.5) is 0 Å². The number of carbonyl (C=O) groups is 8. The topological polar surface area (TPSA) is 273 Å². The zero-order valence-electron chi connectivity index (χ0n) is 72.2. The summed E-state index contributed by atoms with van der Waals surface area (Å²) in [4.78, 5) is 121. The summed E-state index contributed by atoms with van der Waals surface area (Å²) in [5.41, 5.74) is 10.7. The van der Waals surface area contributed by atoms with E-state index in [0.29, 0.717) is 62.9 Å². The largest absolute Gasteiger partial charge is 0.489 e. The number of carbonyl (C=O) groups excluding carboxylic acids is 8. The van der Waals surface area contributed by atoms with Crippen LogP contribution in [-0.4, -0.2) is 145 Å². The molecule has 4 aromatic heterocycles. The summed E-state index contributed by atoms with van der Waals surface area (Å²) in [5.74, 6) is 5.88. The lowest BCUT2D eigenvalue weighted by molar-refractivity contribution is -0.120. The van der Waals surface area contributed by atoms with Gasteiger partial charge in [0.15, 0.2) is 23.1 Å². The molecule has 20 nitrogen and oxygen atoms in total. The van der Waals surface area contributed by atoms with Crippen LogP contribution in [-0.2, 0) is 57.3 Å². The molecule has 124 heavy (non-hydrogen) atoms. The van der Waals surface area contributed by atoms with E-state index in [4.69, 9.17) is 18.9 Å². The predicted molar refractivity (Wildman–Crippen MR) is 471 cm³/mol. The van der Waals surface area contributed by atoms with Gasteiger partial charge in [-0.2, -0.15) is 0 Å². The van der Waals surface area contributed by atoms with Crippen molar-refractivity contribution in [2.24, 2.45) is 69.0 Å². The number of rotatable bonds is 12. The molecule has 22 rings (SSSR count). The van der Waals surface area contributed by atoms with Gasteiger partial charge >= 0.3 is 0 Å². The van der Waals surface area contributed by atoms with Gasteiger partial charge in [0, 0.05) is 184 Å². The van der Waals surface area contributed by atoms with E-state index in [1.807, 2.05) is 120 Å². The highest BCUT2D eigenvalue weighted by Crippen LogP contribution is 2.65. The number of ether oxygens (including phenoxy) is 4. The van der Waals surface area contributed by atoms with Gasteiger partial charge in [0.2, 0.25) is 0 Å². The van der Waals surface area contributed by atoms with Crippen LogP contribution in [0, 0.1) is 69.0 Å². The van der Waals surface area contributed by atoms with E-state index in [1.54, 1.807) is 24.8 Å². The number of Topliss-reactive ketones (excluding diaryl/α,β-unsaturated/α-hetero) is 8. The van der Waals surface area contributed by atoms with Crippen molar-refractivity contribution in [1.29, 1.82) is 0 Å². The Bertz CT molecular complexity index is 5760. The number of pyridine rings is 4. The molecule has 6 fully saturated rings. The minimum Gasteiger partial charge on any atom is -0.489 e. The van der Waals surface area contributed by atoms with Crippen LogP contribution in [0.5, 0.6) is 0 Å². The van der Waals surface area contributed by atoms with Crippen molar-refractivity contribution in [3.8, 4) is 0 Å². The number of aromatic nitrogens is 4. The number of benzene rings is 2. The average molecular weight is 1670 g/mol. The highest BCUT2D eigenvalue weighted by molar-refractivity contribution is 6.04. The molecular formula is C104H112N8O12. The molecular weight excluding hydrogens is 1550 g/mol. The van der Waals surface area contributed by atoms with Crippen molar-refractivity contribution in [1.82, 2.24) is 41.2 Å². The highest BCUT2D eigenvalue weighted by atomic mass is 16.5. The molecule has 0 radical (unpaired) electrons. The van der Waals surface area contributed by atoms with Crippen molar-refractivity contribution in [2.75, 3.05) is 54.4 Å². The maximum Gasteiger partial charge on any atom is 0.166 e. The van der Waals surface area contributed by atoms with Crippen LogP contribution >= 0.6 is 0 Å². The molecule has 16 aliphatic rings. The Morgan fingerprint density at radius 2 is 0.710 bits per heavy atom. The molecule has 0 saturated heterocycles. The zero-order valence-corrected chi connectivity index (χ0v) is 72.2. The van der Waals surface area contributed by atoms with Gasteiger partial charge < -0.3 is 40.2 Å². The van der Waals surface area contributed by atoms with Gasteiger partial charge in [-0.25, -0.2) is 0 Å². The third-order valence-electron chi connectivity index (χ3n) is 31.5. The second-order valence-electron chi connectivity index (χ2n) is 39.0. The van der Waals surface area contributed by atoms with Gasteiger partial charge in [-0.3, -0.25) is 58.3 Å². The number of nitrogens with zero attached hydrogens (tertiary/aromatic N) is 4. The first-order valence-corrected chi connectivity index (χ1v) is 45.1. The molecule has 20 heteroatoms. The molecule has 2 aromatic carbocycles. The third kappa shape index (κ3) is 14.4. The van der Waals surface area contributed by atoms with E-state index < -0.39 is 0 Å². The number of nitrogens with one attached hydrogen (secondary N) is 4. The summed E-state index contributed by atoms with van der Waals surface area (Å²) in [6.45, 7) is 12.1. The monoisotopic (exact) mass is 1660 g/mol. The normalized spacial score (nSPS) is 34.4. The van der Waals surface area contributed by atoms with Gasteiger partial charge in [0.1, 0.15) is 70.6 Å². The molecule has 0 spiro atoms. The maximum atomic E-state index is 13.6. The first-order chi connectivity index (χ1) is 60.0. The van der Waals surface area contributed by atoms with Crippen molar-refractivity contribution in [2.45, 2.75) is 179 Å². The molecule has 8 heterocycles. The minimum atomic E-state index is -0.349. The van der Waals surface area contributed by atoms with Crippen LogP contribution in [0.15, 0.2) is 239 Å². The second kappa shape index (κ2) is 33.0. The number of hydrogen-bond donors (Lipinski definition) is 4. The zero-order chi connectivity index (χ0) is 85.8. The Balaban J connectivity index is 0.000000109. The number of ketones is 8. The quantitative estimate of drug-likeness (QED) is 0.0886. The van der Waals surface area contributed by atoms with E-state index in [1.165, 1.54) is 11.1 Å². The van der Waals surface area contributed by atoms with Crippen LogP contribution in [0.1, 0.15) is 176 Å². The maximum absolute atomic E-state index is 13.6. The Hall–Kier alpha value is -10.6. The van der Waals surface area contributed by atoms with Crippen LogP contribution < -0.4 is 21.3 Å². The van der Waals surface area contributed by atoms with Gasteiger partial charge in [-0.05, 0) is 218 Å². The molecule has 640 valence electrons. The lowest BCUT2D eigenvalue weighted by Crippen LogP contribution is -2.44. The minimum absolute atomic E-state index is 0.0390. The smallest absolute Gasteiger partial charge is 0.166 e. The fourth-order valence-corrected chi connectivity index (χ4v) is 25.5. The fourth-order valence-electron chi connectivity index (χ4n) is 25.5. The van der Waals surface area contributed by atoms with Crippen LogP contribution in [0.3, 0.4) is 0 Å². The van der Waals surface area contributed by atoms with E-state index in [2.05, 4.69) is 124 Å². The number of allylic oxidation sites excluding steroid dienone is 14. The Labute approximate surface area is 725 Å². The second-order valence-corrected chi connectivity index (χ2v) is 39.0.